The van der Waals surface area contributed by atoms with E-state index in [2.05, 4.69) is 16.3 Å². The van der Waals surface area contributed by atoms with Crippen LogP contribution in [0.15, 0.2) is 28.4 Å². The third-order valence-electron chi connectivity index (χ3n) is 1.80. The third-order valence-corrected chi connectivity index (χ3v) is 1.80. The maximum Gasteiger partial charge on any atom is 0.211 e. The summed E-state index contributed by atoms with van der Waals surface area (Å²) in [5.74, 6) is -0.0361. The van der Waals surface area contributed by atoms with Crippen molar-refractivity contribution < 1.29 is 0 Å². The third kappa shape index (κ3) is 2.90. The highest BCUT2D eigenvalue weighted by molar-refractivity contribution is 5.83. The van der Waals surface area contributed by atoms with Gasteiger partial charge in [0.15, 0.2) is 0 Å². The van der Waals surface area contributed by atoms with E-state index in [4.69, 9.17) is 11.5 Å². The highest BCUT2D eigenvalue weighted by Crippen LogP contribution is 2.07. The van der Waals surface area contributed by atoms with Crippen LogP contribution in [0.1, 0.15) is 16.7 Å². The van der Waals surface area contributed by atoms with E-state index >= 15 is 0 Å². The Bertz CT molecular complexity index is 376. The van der Waals surface area contributed by atoms with Gasteiger partial charge >= 0.3 is 0 Å². The van der Waals surface area contributed by atoms with Gasteiger partial charge in [-0.2, -0.15) is 5.10 Å². The van der Waals surface area contributed by atoms with Gasteiger partial charge in [0.2, 0.25) is 5.96 Å². The number of nitrogens with two attached hydrogens (primary N) is 2. The number of benzene rings is 1. The summed E-state index contributed by atoms with van der Waals surface area (Å²) in [5, 5.41) is 7.27. The largest absolute Gasteiger partial charge is 0.369 e. The molecule has 0 aliphatic heterocycles. The number of aryl methyl sites for hydroxylation is 2. The molecule has 0 fully saturated rings. The zero-order valence-electron chi connectivity index (χ0n) is 8.36. The Morgan fingerprint density at radius 2 is 2.00 bits per heavy atom. The second-order valence-corrected chi connectivity index (χ2v) is 3.13. The summed E-state index contributed by atoms with van der Waals surface area (Å²) in [4.78, 5) is 0. The van der Waals surface area contributed by atoms with E-state index in [1.54, 1.807) is 6.21 Å². The van der Waals surface area contributed by atoms with Gasteiger partial charge in [-0.15, -0.1) is 5.10 Å². The van der Waals surface area contributed by atoms with Crippen LogP contribution in [0, 0.1) is 13.8 Å². The maximum absolute atomic E-state index is 5.13. The van der Waals surface area contributed by atoms with Gasteiger partial charge < -0.3 is 11.5 Å². The molecular weight excluding hydrogens is 176 g/mol. The van der Waals surface area contributed by atoms with Crippen LogP contribution in [-0.2, 0) is 0 Å². The van der Waals surface area contributed by atoms with E-state index in [-0.39, 0.29) is 5.96 Å². The average Bonchev–Trinajstić information content (AvgIpc) is 2.08. The molecule has 0 unspecified atom stereocenters. The normalized spacial score (nSPS) is 10.4. The number of nitrogens with zero attached hydrogens (tertiary/aromatic N) is 2. The van der Waals surface area contributed by atoms with Crippen LogP contribution < -0.4 is 11.5 Å². The minimum atomic E-state index is -0.0361. The van der Waals surface area contributed by atoms with Gasteiger partial charge in [0, 0.05) is 0 Å². The molecule has 0 amide bonds. The summed E-state index contributed by atoms with van der Waals surface area (Å²) in [6.07, 6.45) is 1.63. The molecule has 0 bridgehead atoms. The van der Waals surface area contributed by atoms with Gasteiger partial charge in [0.1, 0.15) is 0 Å². The van der Waals surface area contributed by atoms with Gasteiger partial charge in [-0.25, -0.2) is 0 Å². The molecule has 0 saturated heterocycles. The smallest absolute Gasteiger partial charge is 0.211 e. The molecule has 1 rings (SSSR count). The van der Waals surface area contributed by atoms with E-state index in [9.17, 15) is 0 Å². The molecule has 0 atom stereocenters. The summed E-state index contributed by atoms with van der Waals surface area (Å²) in [7, 11) is 0. The summed E-state index contributed by atoms with van der Waals surface area (Å²) < 4.78 is 0. The lowest BCUT2D eigenvalue weighted by atomic mass is 10.1. The van der Waals surface area contributed by atoms with Crippen molar-refractivity contribution in [3.8, 4) is 0 Å². The van der Waals surface area contributed by atoms with Crippen LogP contribution in [0.3, 0.4) is 0 Å². The lowest BCUT2D eigenvalue weighted by molar-refractivity contribution is 1.21. The first-order chi connectivity index (χ1) is 6.59. The van der Waals surface area contributed by atoms with Gasteiger partial charge in [0.25, 0.3) is 0 Å². The van der Waals surface area contributed by atoms with E-state index in [0.29, 0.717) is 0 Å². The topological polar surface area (TPSA) is 76.8 Å². The second-order valence-electron chi connectivity index (χ2n) is 3.13. The Kier molecular flexibility index (Phi) is 3.23. The van der Waals surface area contributed by atoms with Crippen molar-refractivity contribution in [2.45, 2.75) is 13.8 Å². The first-order valence-electron chi connectivity index (χ1n) is 4.29. The van der Waals surface area contributed by atoms with Crippen molar-refractivity contribution in [3.05, 3.63) is 34.9 Å². The molecule has 14 heavy (non-hydrogen) atoms. The first kappa shape index (κ1) is 10.2. The van der Waals surface area contributed by atoms with Gasteiger partial charge in [-0.3, -0.25) is 0 Å². The van der Waals surface area contributed by atoms with Crippen LogP contribution >= 0.6 is 0 Å². The van der Waals surface area contributed by atoms with Gasteiger partial charge in [0.05, 0.1) is 6.21 Å². The molecule has 0 aliphatic rings. The van der Waals surface area contributed by atoms with Crippen LogP contribution in [0.2, 0.25) is 0 Å². The number of rotatable bonds is 2. The lowest BCUT2D eigenvalue weighted by Crippen LogP contribution is -2.21. The number of hydrogen-bond donors (Lipinski definition) is 2. The van der Waals surface area contributed by atoms with E-state index in [1.807, 2.05) is 26.0 Å². The van der Waals surface area contributed by atoms with Gasteiger partial charge in [-0.05, 0) is 25.0 Å². The van der Waals surface area contributed by atoms with Crippen LogP contribution in [0.4, 0.5) is 0 Å². The monoisotopic (exact) mass is 190 g/mol. The van der Waals surface area contributed by atoms with Crippen molar-refractivity contribution in [2.24, 2.45) is 21.7 Å². The minimum absolute atomic E-state index is 0.0361. The zero-order chi connectivity index (χ0) is 10.6. The average molecular weight is 190 g/mol. The highest BCUT2D eigenvalue weighted by Gasteiger charge is 1.93. The van der Waals surface area contributed by atoms with Gasteiger partial charge in [-0.1, -0.05) is 23.8 Å². The quantitative estimate of drug-likeness (QED) is 0.413. The van der Waals surface area contributed by atoms with Crippen LogP contribution in [0.25, 0.3) is 0 Å². The molecule has 0 saturated carbocycles. The predicted molar refractivity (Wildman–Crippen MR) is 59.3 cm³/mol. The fourth-order valence-electron chi connectivity index (χ4n) is 1.13. The molecule has 0 aromatic heterocycles. The van der Waals surface area contributed by atoms with Crippen molar-refractivity contribution in [3.63, 3.8) is 0 Å². The van der Waals surface area contributed by atoms with Crippen LogP contribution in [-0.4, -0.2) is 12.2 Å². The molecule has 0 aliphatic carbocycles. The van der Waals surface area contributed by atoms with Crippen molar-refractivity contribution >= 4 is 12.2 Å². The van der Waals surface area contributed by atoms with Crippen molar-refractivity contribution in [1.82, 2.24) is 0 Å². The van der Waals surface area contributed by atoms with E-state index < -0.39 is 0 Å². The molecular formula is C10H14N4. The summed E-state index contributed by atoms with van der Waals surface area (Å²) in [5.41, 5.74) is 13.7. The van der Waals surface area contributed by atoms with Crippen LogP contribution in [0.5, 0.6) is 0 Å². The Balaban J connectivity index is 2.87. The molecule has 4 nitrogen and oxygen atoms in total. The first-order valence-corrected chi connectivity index (χ1v) is 4.29. The highest BCUT2D eigenvalue weighted by atomic mass is 15.3. The fraction of sp³-hybridized carbons (Fsp3) is 0.200. The Morgan fingerprint density at radius 3 is 2.57 bits per heavy atom. The molecule has 0 spiro atoms. The fourth-order valence-corrected chi connectivity index (χ4v) is 1.13. The van der Waals surface area contributed by atoms with E-state index in [1.165, 1.54) is 5.56 Å². The molecule has 1 aromatic rings. The van der Waals surface area contributed by atoms with Crippen molar-refractivity contribution in [1.29, 1.82) is 0 Å². The Hall–Kier alpha value is -1.84. The molecule has 4 N–H and O–H groups in total. The predicted octanol–water partition coefficient (Wildman–Crippen LogP) is 0.911. The molecule has 0 radical (unpaired) electrons. The molecule has 74 valence electrons. The molecule has 0 heterocycles. The maximum atomic E-state index is 5.13. The zero-order valence-corrected chi connectivity index (χ0v) is 8.36. The molecule has 4 heteroatoms. The lowest BCUT2D eigenvalue weighted by Gasteiger charge is -1.99. The Morgan fingerprint density at radius 1 is 1.29 bits per heavy atom. The summed E-state index contributed by atoms with van der Waals surface area (Å²) >= 11 is 0. The second kappa shape index (κ2) is 4.41. The summed E-state index contributed by atoms with van der Waals surface area (Å²) in [6.45, 7) is 4.06. The standard InChI is InChI=1S/C10H14N4/c1-7-3-4-9(8(2)5-7)6-13-14-10(11)12/h3-6H,1-2H3,(H4,11,12,14). The minimum Gasteiger partial charge on any atom is -0.369 e. The Labute approximate surface area is 83.3 Å². The number of hydrogen-bond acceptors (Lipinski definition) is 2. The SMILES string of the molecule is Cc1ccc(C=NN=C(N)N)c(C)c1. The summed E-state index contributed by atoms with van der Waals surface area (Å²) in [6, 6.07) is 6.08. The molecule has 1 aromatic carbocycles. The number of guanidine groups is 1. The van der Waals surface area contributed by atoms with E-state index in [0.717, 1.165) is 11.1 Å². The van der Waals surface area contributed by atoms with Crippen molar-refractivity contribution in [2.75, 3.05) is 0 Å².